The Morgan fingerprint density at radius 1 is 1.47 bits per heavy atom. The van der Waals surface area contributed by atoms with Gasteiger partial charge in [0.2, 0.25) is 0 Å². The maximum absolute atomic E-state index is 5.57. The molecular weight excluding hydrogens is 278 g/mol. The smallest absolute Gasteiger partial charge is 0.0561 e. The molecule has 0 spiro atoms. The zero-order chi connectivity index (χ0) is 12.3. The summed E-state index contributed by atoms with van der Waals surface area (Å²) in [7, 11) is 0. The molecule has 1 aliphatic heterocycles. The van der Waals surface area contributed by atoms with Gasteiger partial charge in [-0.25, -0.2) is 0 Å². The van der Waals surface area contributed by atoms with Crippen LogP contribution in [0.3, 0.4) is 0 Å². The Morgan fingerprint density at radius 2 is 2.29 bits per heavy atom. The molecule has 94 valence electrons. The molecule has 1 heterocycles. The van der Waals surface area contributed by atoms with Crippen molar-refractivity contribution < 1.29 is 4.74 Å². The minimum Gasteiger partial charge on any atom is -0.378 e. The van der Waals surface area contributed by atoms with Crippen molar-refractivity contribution in [1.82, 2.24) is 5.32 Å². The van der Waals surface area contributed by atoms with E-state index in [4.69, 9.17) is 4.74 Å². The van der Waals surface area contributed by atoms with Gasteiger partial charge in [0, 0.05) is 23.2 Å². The Bertz CT molecular complexity index is 369. The average Bonchev–Trinajstić information content (AvgIpc) is 2.29. The van der Waals surface area contributed by atoms with Crippen molar-refractivity contribution in [2.75, 3.05) is 6.61 Å². The van der Waals surface area contributed by atoms with Crippen molar-refractivity contribution in [3.63, 3.8) is 0 Å². The van der Waals surface area contributed by atoms with Gasteiger partial charge < -0.3 is 10.1 Å². The van der Waals surface area contributed by atoms with E-state index in [1.54, 1.807) is 0 Å². The molecule has 0 amide bonds. The fourth-order valence-electron chi connectivity index (χ4n) is 2.38. The summed E-state index contributed by atoms with van der Waals surface area (Å²) in [5, 5.41) is 3.69. The highest BCUT2D eigenvalue weighted by Crippen LogP contribution is 2.21. The second-order valence-corrected chi connectivity index (χ2v) is 5.76. The van der Waals surface area contributed by atoms with E-state index < -0.39 is 0 Å². The number of ether oxygens (including phenoxy) is 1. The second-order valence-electron chi connectivity index (χ2n) is 4.85. The van der Waals surface area contributed by atoms with Gasteiger partial charge in [-0.05, 0) is 44.4 Å². The van der Waals surface area contributed by atoms with Crippen LogP contribution in [0.4, 0.5) is 0 Å². The lowest BCUT2D eigenvalue weighted by Crippen LogP contribution is -2.39. The molecule has 2 rings (SSSR count). The zero-order valence-corrected chi connectivity index (χ0v) is 12.0. The van der Waals surface area contributed by atoms with Gasteiger partial charge in [-0.1, -0.05) is 28.1 Å². The van der Waals surface area contributed by atoms with E-state index in [9.17, 15) is 0 Å². The lowest BCUT2D eigenvalue weighted by molar-refractivity contribution is 0.0116. The highest BCUT2D eigenvalue weighted by atomic mass is 79.9. The number of nitrogens with one attached hydrogen (secondary N) is 1. The monoisotopic (exact) mass is 297 g/mol. The van der Waals surface area contributed by atoms with E-state index in [2.05, 4.69) is 59.4 Å². The van der Waals surface area contributed by atoms with E-state index in [1.807, 2.05) is 0 Å². The van der Waals surface area contributed by atoms with Crippen LogP contribution in [-0.2, 0) is 4.74 Å². The lowest BCUT2D eigenvalue weighted by Gasteiger charge is -2.30. The molecule has 2 nitrogen and oxygen atoms in total. The van der Waals surface area contributed by atoms with Crippen LogP contribution in [0.25, 0.3) is 0 Å². The fraction of sp³-hybridized carbons (Fsp3) is 0.571. The molecule has 0 bridgehead atoms. The molecule has 1 aliphatic rings. The molecule has 1 N–H and O–H groups in total. The van der Waals surface area contributed by atoms with E-state index in [-0.39, 0.29) is 0 Å². The molecule has 3 atom stereocenters. The molecule has 0 aliphatic carbocycles. The van der Waals surface area contributed by atoms with E-state index in [0.29, 0.717) is 18.2 Å². The molecule has 1 aromatic rings. The van der Waals surface area contributed by atoms with Crippen LogP contribution in [-0.4, -0.2) is 18.8 Å². The number of hydrogen-bond donors (Lipinski definition) is 1. The molecule has 0 saturated carbocycles. The van der Waals surface area contributed by atoms with Crippen LogP contribution in [0.5, 0.6) is 0 Å². The van der Waals surface area contributed by atoms with Crippen molar-refractivity contribution in [3.05, 3.63) is 34.3 Å². The minimum atomic E-state index is 0.385. The molecule has 0 aromatic heterocycles. The summed E-state index contributed by atoms with van der Waals surface area (Å²) in [6, 6.07) is 9.47. The minimum absolute atomic E-state index is 0.385. The highest BCUT2D eigenvalue weighted by molar-refractivity contribution is 9.10. The molecule has 1 saturated heterocycles. The van der Waals surface area contributed by atoms with Gasteiger partial charge in [0.25, 0.3) is 0 Å². The first-order valence-electron chi connectivity index (χ1n) is 6.28. The molecule has 17 heavy (non-hydrogen) atoms. The second kappa shape index (κ2) is 5.98. The zero-order valence-electron chi connectivity index (χ0n) is 10.4. The van der Waals surface area contributed by atoms with Crippen molar-refractivity contribution in [1.29, 1.82) is 0 Å². The molecule has 3 heteroatoms. The Kier molecular flexibility index (Phi) is 4.60. The Hall–Kier alpha value is -0.380. The van der Waals surface area contributed by atoms with Gasteiger partial charge in [0.1, 0.15) is 0 Å². The first-order valence-corrected chi connectivity index (χ1v) is 7.07. The molecule has 3 unspecified atom stereocenters. The maximum atomic E-state index is 5.57. The van der Waals surface area contributed by atoms with Gasteiger partial charge in [-0.15, -0.1) is 0 Å². The van der Waals surface area contributed by atoms with E-state index in [0.717, 1.165) is 23.9 Å². The molecule has 1 fully saturated rings. The summed E-state index contributed by atoms with van der Waals surface area (Å²) in [6.07, 6.45) is 2.61. The van der Waals surface area contributed by atoms with Gasteiger partial charge in [-0.2, -0.15) is 0 Å². The third kappa shape index (κ3) is 3.80. The Balaban J connectivity index is 1.94. The lowest BCUT2D eigenvalue weighted by atomic mass is 10.0. The predicted octanol–water partition coefficient (Wildman–Crippen LogP) is 3.67. The standard InChI is InChI=1S/C14H20BrNO/c1-10-8-14(6-7-17-10)16-11(2)12-4-3-5-13(15)9-12/h3-5,9-11,14,16H,6-8H2,1-2H3. The predicted molar refractivity (Wildman–Crippen MR) is 74.1 cm³/mol. The summed E-state index contributed by atoms with van der Waals surface area (Å²) in [5.41, 5.74) is 1.33. The van der Waals surface area contributed by atoms with E-state index in [1.165, 1.54) is 5.56 Å². The summed E-state index contributed by atoms with van der Waals surface area (Å²) in [6.45, 7) is 5.25. The summed E-state index contributed by atoms with van der Waals surface area (Å²) in [4.78, 5) is 0. The van der Waals surface area contributed by atoms with Crippen LogP contribution in [0.1, 0.15) is 38.3 Å². The van der Waals surface area contributed by atoms with Gasteiger partial charge in [0.05, 0.1) is 6.10 Å². The first kappa shape index (κ1) is 13.1. The largest absolute Gasteiger partial charge is 0.378 e. The number of halogens is 1. The highest BCUT2D eigenvalue weighted by Gasteiger charge is 2.20. The SMILES string of the molecule is CC1CC(NC(C)c2cccc(Br)c2)CCO1. The summed E-state index contributed by atoms with van der Waals surface area (Å²) < 4.78 is 6.71. The van der Waals surface area contributed by atoms with Crippen LogP contribution >= 0.6 is 15.9 Å². The van der Waals surface area contributed by atoms with Crippen LogP contribution < -0.4 is 5.32 Å². The quantitative estimate of drug-likeness (QED) is 0.919. The van der Waals surface area contributed by atoms with Crippen molar-refractivity contribution in [2.24, 2.45) is 0 Å². The topological polar surface area (TPSA) is 21.3 Å². The summed E-state index contributed by atoms with van der Waals surface area (Å²) in [5.74, 6) is 0. The fourth-order valence-corrected chi connectivity index (χ4v) is 2.79. The average molecular weight is 298 g/mol. The summed E-state index contributed by atoms with van der Waals surface area (Å²) >= 11 is 3.52. The number of hydrogen-bond acceptors (Lipinski definition) is 2. The third-order valence-electron chi connectivity index (χ3n) is 3.32. The normalized spacial score (nSPS) is 26.8. The van der Waals surface area contributed by atoms with Gasteiger partial charge >= 0.3 is 0 Å². The van der Waals surface area contributed by atoms with E-state index >= 15 is 0 Å². The van der Waals surface area contributed by atoms with Gasteiger partial charge in [-0.3, -0.25) is 0 Å². The Morgan fingerprint density at radius 3 is 3.00 bits per heavy atom. The van der Waals surface area contributed by atoms with Crippen molar-refractivity contribution in [2.45, 2.75) is 44.9 Å². The maximum Gasteiger partial charge on any atom is 0.0561 e. The molecular formula is C14H20BrNO. The Labute approximate surface area is 112 Å². The van der Waals surface area contributed by atoms with Crippen LogP contribution in [0.15, 0.2) is 28.7 Å². The molecule has 1 aromatic carbocycles. The molecule has 0 radical (unpaired) electrons. The van der Waals surface area contributed by atoms with Crippen LogP contribution in [0.2, 0.25) is 0 Å². The first-order chi connectivity index (χ1) is 8.15. The van der Waals surface area contributed by atoms with Crippen molar-refractivity contribution in [3.8, 4) is 0 Å². The third-order valence-corrected chi connectivity index (χ3v) is 3.81. The number of benzene rings is 1. The van der Waals surface area contributed by atoms with Crippen molar-refractivity contribution >= 4 is 15.9 Å². The van der Waals surface area contributed by atoms with Crippen LogP contribution in [0, 0.1) is 0 Å². The van der Waals surface area contributed by atoms with Gasteiger partial charge in [0.15, 0.2) is 0 Å². The number of rotatable bonds is 3.